The van der Waals surface area contributed by atoms with Gasteiger partial charge in [-0.05, 0) is 56.1 Å². The molecule has 0 radical (unpaired) electrons. The van der Waals surface area contributed by atoms with Crippen LogP contribution in [0.3, 0.4) is 0 Å². The highest BCUT2D eigenvalue weighted by Crippen LogP contribution is 2.37. The van der Waals surface area contributed by atoms with Gasteiger partial charge in [0.05, 0.1) is 0 Å². The van der Waals surface area contributed by atoms with Crippen molar-refractivity contribution in [3.63, 3.8) is 0 Å². The molecule has 1 atom stereocenters. The monoisotopic (exact) mass is 370 g/mol. The first-order valence-electron chi connectivity index (χ1n) is 9.94. The van der Waals surface area contributed by atoms with Gasteiger partial charge in [0.25, 0.3) is 0 Å². The molecule has 1 heterocycles. The van der Waals surface area contributed by atoms with E-state index < -0.39 is 11.5 Å². The van der Waals surface area contributed by atoms with E-state index in [1.165, 1.54) is 0 Å². The number of hydrogen-bond acceptors (Lipinski definition) is 3. The van der Waals surface area contributed by atoms with Gasteiger partial charge in [0, 0.05) is 24.9 Å². The average Bonchev–Trinajstić information content (AvgIpc) is 3.53. The molecule has 0 aromatic heterocycles. The predicted molar refractivity (Wildman–Crippen MR) is 98.9 cm³/mol. The summed E-state index contributed by atoms with van der Waals surface area (Å²) in [6, 6.07) is 7.50. The second-order valence-electron chi connectivity index (χ2n) is 8.08. The van der Waals surface area contributed by atoms with Crippen molar-refractivity contribution in [2.75, 3.05) is 13.1 Å². The first kappa shape index (κ1) is 18.0. The third-order valence-corrected chi connectivity index (χ3v) is 6.28. The molecule has 6 heteroatoms. The molecule has 6 nitrogen and oxygen atoms in total. The van der Waals surface area contributed by atoms with Crippen LogP contribution in [0.25, 0.3) is 0 Å². The standard InChI is InChI=1S/C21H26N2O4/c24-18(15-9-12-23(13-10-15)19(25)16-7-8-16)22-21(20(26)27)11-3-5-14-4-1-2-6-17(14)21/h1-2,4,6,15-16H,3,5,7-13H2,(H,22,24)(H,26,27)/t21-/m0/s1. The Kier molecular flexibility index (Phi) is 4.66. The largest absolute Gasteiger partial charge is 0.479 e. The molecule has 1 saturated carbocycles. The lowest BCUT2D eigenvalue weighted by Gasteiger charge is -2.38. The van der Waals surface area contributed by atoms with Gasteiger partial charge in [-0.3, -0.25) is 9.59 Å². The maximum atomic E-state index is 12.9. The maximum Gasteiger partial charge on any atom is 0.334 e. The molecule has 0 unspecified atom stereocenters. The van der Waals surface area contributed by atoms with E-state index in [1.54, 1.807) is 0 Å². The van der Waals surface area contributed by atoms with Crippen molar-refractivity contribution in [2.45, 2.75) is 50.5 Å². The Morgan fingerprint density at radius 2 is 1.74 bits per heavy atom. The van der Waals surface area contributed by atoms with Crippen LogP contribution in [0.5, 0.6) is 0 Å². The molecule has 2 aliphatic carbocycles. The summed E-state index contributed by atoms with van der Waals surface area (Å²) in [5.74, 6) is -1.02. The molecule has 2 amide bonds. The molecule has 1 aromatic rings. The summed E-state index contributed by atoms with van der Waals surface area (Å²) in [5, 5.41) is 12.9. The number of fused-ring (bicyclic) bond motifs is 1. The van der Waals surface area contributed by atoms with Crippen LogP contribution in [-0.4, -0.2) is 40.9 Å². The Labute approximate surface area is 158 Å². The van der Waals surface area contributed by atoms with Crippen molar-refractivity contribution in [3.05, 3.63) is 35.4 Å². The van der Waals surface area contributed by atoms with Crippen LogP contribution in [0.1, 0.15) is 49.7 Å². The van der Waals surface area contributed by atoms with Crippen molar-refractivity contribution in [1.29, 1.82) is 0 Å². The second-order valence-corrected chi connectivity index (χ2v) is 8.08. The average molecular weight is 370 g/mol. The fraction of sp³-hybridized carbons (Fsp3) is 0.571. The van der Waals surface area contributed by atoms with Gasteiger partial charge >= 0.3 is 5.97 Å². The van der Waals surface area contributed by atoms with E-state index in [-0.39, 0.29) is 23.7 Å². The van der Waals surface area contributed by atoms with Crippen molar-refractivity contribution in [1.82, 2.24) is 10.2 Å². The van der Waals surface area contributed by atoms with E-state index in [0.717, 1.165) is 31.2 Å². The summed E-state index contributed by atoms with van der Waals surface area (Å²) >= 11 is 0. The van der Waals surface area contributed by atoms with Crippen LogP contribution in [-0.2, 0) is 26.3 Å². The first-order chi connectivity index (χ1) is 13.0. The van der Waals surface area contributed by atoms with Gasteiger partial charge in [-0.1, -0.05) is 24.3 Å². The van der Waals surface area contributed by atoms with Crippen LogP contribution in [0.4, 0.5) is 0 Å². The van der Waals surface area contributed by atoms with Crippen molar-refractivity contribution >= 4 is 17.8 Å². The highest BCUT2D eigenvalue weighted by atomic mass is 16.4. The normalized spacial score (nSPS) is 25.6. The van der Waals surface area contributed by atoms with Crippen molar-refractivity contribution < 1.29 is 19.5 Å². The molecule has 1 aliphatic heterocycles. The minimum Gasteiger partial charge on any atom is -0.479 e. The molecule has 4 rings (SSSR count). The highest BCUT2D eigenvalue weighted by molar-refractivity contribution is 5.90. The van der Waals surface area contributed by atoms with Crippen LogP contribution < -0.4 is 5.32 Å². The van der Waals surface area contributed by atoms with E-state index in [4.69, 9.17) is 0 Å². The zero-order valence-electron chi connectivity index (χ0n) is 15.4. The lowest BCUT2D eigenvalue weighted by atomic mass is 9.76. The number of piperidine rings is 1. The number of aryl methyl sites for hydroxylation is 1. The summed E-state index contributed by atoms with van der Waals surface area (Å²) in [6.07, 6.45) is 5.15. The molecule has 144 valence electrons. The Hall–Kier alpha value is -2.37. The second kappa shape index (κ2) is 6.98. The van der Waals surface area contributed by atoms with Gasteiger partial charge in [-0.15, -0.1) is 0 Å². The zero-order valence-corrected chi connectivity index (χ0v) is 15.4. The van der Waals surface area contributed by atoms with Gasteiger partial charge in [-0.2, -0.15) is 0 Å². The number of amides is 2. The number of likely N-dealkylation sites (tertiary alicyclic amines) is 1. The molecule has 27 heavy (non-hydrogen) atoms. The van der Waals surface area contributed by atoms with E-state index in [1.807, 2.05) is 29.2 Å². The fourth-order valence-electron chi connectivity index (χ4n) is 4.50. The quantitative estimate of drug-likeness (QED) is 0.849. The third-order valence-electron chi connectivity index (χ3n) is 6.28. The van der Waals surface area contributed by atoms with Gasteiger partial charge < -0.3 is 15.3 Å². The summed E-state index contributed by atoms with van der Waals surface area (Å²) in [7, 11) is 0. The van der Waals surface area contributed by atoms with Crippen LogP contribution >= 0.6 is 0 Å². The molecular weight excluding hydrogens is 344 g/mol. The topological polar surface area (TPSA) is 86.7 Å². The molecule has 1 saturated heterocycles. The molecule has 1 aromatic carbocycles. The number of hydrogen-bond donors (Lipinski definition) is 2. The minimum atomic E-state index is -1.34. The molecule has 3 aliphatic rings. The smallest absolute Gasteiger partial charge is 0.334 e. The number of carboxylic acid groups (broad SMARTS) is 1. The number of benzene rings is 1. The SMILES string of the molecule is O=C(N[C@@]1(C(=O)O)CCCc2ccccc21)C1CCN(C(=O)C2CC2)CC1. The number of aliphatic carboxylic acids is 1. The van der Waals surface area contributed by atoms with E-state index in [2.05, 4.69) is 5.32 Å². The number of rotatable bonds is 4. The number of carbonyl (C=O) groups excluding carboxylic acids is 2. The first-order valence-corrected chi connectivity index (χ1v) is 9.94. The molecule has 0 spiro atoms. The molecule has 0 bridgehead atoms. The molecule has 2 fully saturated rings. The summed E-state index contributed by atoms with van der Waals surface area (Å²) in [4.78, 5) is 39.2. The van der Waals surface area contributed by atoms with Gasteiger partial charge in [0.1, 0.15) is 0 Å². The zero-order chi connectivity index (χ0) is 19.0. The van der Waals surface area contributed by atoms with E-state index in [0.29, 0.717) is 37.9 Å². The van der Waals surface area contributed by atoms with E-state index in [9.17, 15) is 19.5 Å². The summed E-state index contributed by atoms with van der Waals surface area (Å²) in [5.41, 5.74) is 0.363. The third kappa shape index (κ3) is 3.33. The van der Waals surface area contributed by atoms with Crippen LogP contribution in [0.2, 0.25) is 0 Å². The lowest BCUT2D eigenvalue weighted by Crippen LogP contribution is -2.56. The van der Waals surface area contributed by atoms with Crippen molar-refractivity contribution in [3.8, 4) is 0 Å². The fourth-order valence-corrected chi connectivity index (χ4v) is 4.50. The Bertz CT molecular complexity index is 765. The van der Waals surface area contributed by atoms with E-state index >= 15 is 0 Å². The van der Waals surface area contributed by atoms with Crippen LogP contribution in [0, 0.1) is 11.8 Å². The Balaban J connectivity index is 1.47. The maximum absolute atomic E-state index is 12.9. The van der Waals surface area contributed by atoms with Crippen LogP contribution in [0.15, 0.2) is 24.3 Å². The number of carboxylic acids is 1. The Morgan fingerprint density at radius 3 is 2.41 bits per heavy atom. The summed E-state index contributed by atoms with van der Waals surface area (Å²) < 4.78 is 0. The Morgan fingerprint density at radius 1 is 1.04 bits per heavy atom. The minimum absolute atomic E-state index is 0.199. The van der Waals surface area contributed by atoms with Crippen molar-refractivity contribution in [2.24, 2.45) is 11.8 Å². The van der Waals surface area contributed by atoms with Gasteiger partial charge in [0.2, 0.25) is 11.8 Å². The molecular formula is C21H26N2O4. The summed E-state index contributed by atoms with van der Waals surface area (Å²) in [6.45, 7) is 1.17. The highest BCUT2D eigenvalue weighted by Gasteiger charge is 2.46. The number of carbonyl (C=O) groups is 3. The number of nitrogens with one attached hydrogen (secondary N) is 1. The van der Waals surface area contributed by atoms with Gasteiger partial charge in [0.15, 0.2) is 5.54 Å². The van der Waals surface area contributed by atoms with Gasteiger partial charge in [-0.25, -0.2) is 4.79 Å². The lowest BCUT2D eigenvalue weighted by molar-refractivity contribution is -0.150. The predicted octanol–water partition coefficient (Wildman–Crippen LogP) is 2.07. The molecule has 2 N–H and O–H groups in total. The number of nitrogens with zero attached hydrogens (tertiary/aromatic N) is 1.